The predicted octanol–water partition coefficient (Wildman–Crippen LogP) is 4.01. The van der Waals surface area contributed by atoms with E-state index in [0.717, 1.165) is 16.8 Å². The Morgan fingerprint density at radius 1 is 1.28 bits per heavy atom. The van der Waals surface area contributed by atoms with Crippen molar-refractivity contribution in [2.24, 2.45) is 5.92 Å². The van der Waals surface area contributed by atoms with Crippen LogP contribution in [-0.4, -0.2) is 105 Å². The number of anilines is 1. The molecule has 260 valence electrons. The van der Waals surface area contributed by atoms with Crippen LogP contribution in [0, 0.1) is 5.92 Å². The first kappa shape index (κ1) is 36.5. The summed E-state index contributed by atoms with van der Waals surface area (Å²) in [4.78, 5) is 41.4. The largest absolute Gasteiger partial charge is 0.495 e. The number of carbonyl (C=O) groups excluding carboxylic acids is 3. The zero-order valence-corrected chi connectivity index (χ0v) is 29.4. The third-order valence-corrected chi connectivity index (χ3v) is 10.1. The van der Waals surface area contributed by atoms with Crippen molar-refractivity contribution in [1.82, 2.24) is 10.2 Å². The van der Waals surface area contributed by atoms with Gasteiger partial charge in [0.15, 0.2) is 5.72 Å². The number of benzene rings is 1. The number of carbonyl (C=O) groups is 3. The Kier molecular flexibility index (Phi) is 11.2. The molecule has 1 aromatic carbocycles. The van der Waals surface area contributed by atoms with Crippen LogP contribution in [0.25, 0.3) is 0 Å². The summed E-state index contributed by atoms with van der Waals surface area (Å²) in [5.74, 6) is -0.707. The fraction of sp³-hybridized carbons (Fsp3) is 0.618. The van der Waals surface area contributed by atoms with Crippen molar-refractivity contribution >= 4 is 35.3 Å². The van der Waals surface area contributed by atoms with Crippen LogP contribution in [0.4, 0.5) is 10.5 Å². The second kappa shape index (κ2) is 14.4. The van der Waals surface area contributed by atoms with E-state index in [1.54, 1.807) is 33.2 Å². The maximum absolute atomic E-state index is 13.4. The molecule has 3 aliphatic rings. The highest BCUT2D eigenvalue weighted by Crippen LogP contribution is 2.49. The van der Waals surface area contributed by atoms with Gasteiger partial charge in [-0.25, -0.2) is 9.59 Å². The average molecular weight is 678 g/mol. The quantitative estimate of drug-likeness (QED) is 0.347. The SMILES string of the molecule is COc1cc2cc(c1Cl)N(C)CC[C@H](OC(=O)[C@H](C)N(C)C(C)=O)[C@]1(C)O[C@H]1[C@H](C)[C@@H]1C[C@@](O)(NC(=O)O1)[C@H](OC)/C=C/C=C(\C)C2. The molecular formula is C34H48ClN3O9. The van der Waals surface area contributed by atoms with E-state index < -0.39 is 59.8 Å². The molecule has 2 N–H and O–H groups in total. The number of fused-ring (bicyclic) bond motifs is 5. The van der Waals surface area contributed by atoms with Crippen molar-refractivity contribution in [1.29, 1.82) is 0 Å². The van der Waals surface area contributed by atoms with E-state index in [1.807, 2.05) is 50.9 Å². The standard InChI is InChI=1S/C34H48ClN3O9/c1-19-11-10-12-28(44-9)34(42)18-26(45-32(41)36-34)20(2)30-33(5,47-30)27(46-31(40)21(3)38(7)22(4)39)13-14-37(6)24-16-23(15-19)17-25(43-8)29(24)35/h10-12,16-17,20-21,26-28,30,42H,13-15,18H2,1-9H3,(H,36,41)/b12-10+,19-11+/t20-,21+,26+,27+,28-,30+,33+,34+/m1/s1. The molecule has 47 heavy (non-hydrogen) atoms. The van der Waals surface area contributed by atoms with Crippen LogP contribution in [-0.2, 0) is 35.0 Å². The maximum atomic E-state index is 13.4. The number of halogens is 1. The number of methoxy groups -OCH3 is 2. The highest BCUT2D eigenvalue weighted by atomic mass is 35.5. The van der Waals surface area contributed by atoms with E-state index >= 15 is 0 Å². The monoisotopic (exact) mass is 677 g/mol. The van der Waals surface area contributed by atoms with E-state index in [-0.39, 0.29) is 12.3 Å². The lowest BCUT2D eigenvalue weighted by Crippen LogP contribution is -2.63. The number of rotatable bonds is 5. The molecule has 0 saturated carbocycles. The van der Waals surface area contributed by atoms with E-state index in [0.29, 0.717) is 30.2 Å². The predicted molar refractivity (Wildman–Crippen MR) is 176 cm³/mol. The van der Waals surface area contributed by atoms with Gasteiger partial charge in [0.05, 0.1) is 18.9 Å². The third-order valence-electron chi connectivity index (χ3n) is 9.67. The van der Waals surface area contributed by atoms with Gasteiger partial charge in [0.25, 0.3) is 0 Å². The fourth-order valence-electron chi connectivity index (χ4n) is 6.41. The van der Waals surface area contributed by atoms with Crippen LogP contribution in [0.2, 0.25) is 5.02 Å². The number of aliphatic hydroxyl groups is 1. The normalized spacial score (nSPS) is 33.6. The number of allylic oxidation sites excluding steroid dienone is 3. The lowest BCUT2D eigenvalue weighted by Gasteiger charge is -2.42. The molecular weight excluding hydrogens is 630 g/mol. The lowest BCUT2D eigenvalue weighted by atomic mass is 9.83. The first-order valence-electron chi connectivity index (χ1n) is 15.8. The molecule has 0 aromatic heterocycles. The van der Waals surface area contributed by atoms with Crippen LogP contribution in [0.3, 0.4) is 0 Å². The number of hydrogen-bond acceptors (Lipinski definition) is 10. The minimum atomic E-state index is -1.75. The Bertz CT molecular complexity index is 1420. The molecule has 0 aliphatic carbocycles. The topological polar surface area (TPSA) is 139 Å². The number of hydrogen-bond donors (Lipinski definition) is 2. The van der Waals surface area contributed by atoms with E-state index in [4.69, 9.17) is 35.3 Å². The van der Waals surface area contributed by atoms with Gasteiger partial charge >= 0.3 is 12.1 Å². The van der Waals surface area contributed by atoms with E-state index in [2.05, 4.69) is 5.32 Å². The van der Waals surface area contributed by atoms with Crippen molar-refractivity contribution in [2.75, 3.05) is 39.8 Å². The highest BCUT2D eigenvalue weighted by molar-refractivity contribution is 6.34. The number of nitrogens with zero attached hydrogens (tertiary/aromatic N) is 2. The van der Waals surface area contributed by atoms with Crippen molar-refractivity contribution in [3.63, 3.8) is 0 Å². The van der Waals surface area contributed by atoms with Crippen molar-refractivity contribution < 1.29 is 43.2 Å². The second-order valence-corrected chi connectivity index (χ2v) is 13.5. The minimum absolute atomic E-state index is 0.0269. The smallest absolute Gasteiger partial charge is 0.409 e. The zero-order chi connectivity index (χ0) is 34.8. The molecule has 0 radical (unpaired) electrons. The van der Waals surface area contributed by atoms with Crippen LogP contribution in [0.5, 0.6) is 5.75 Å². The van der Waals surface area contributed by atoms with Gasteiger partial charge in [-0.1, -0.05) is 42.3 Å². The second-order valence-electron chi connectivity index (χ2n) is 13.1. The van der Waals surface area contributed by atoms with Gasteiger partial charge in [0, 0.05) is 53.4 Å². The maximum Gasteiger partial charge on any atom is 0.409 e. The Balaban J connectivity index is 1.75. The Labute approximate surface area is 281 Å². The summed E-state index contributed by atoms with van der Waals surface area (Å²) in [5.41, 5.74) is 0.0219. The molecule has 2 saturated heterocycles. The summed E-state index contributed by atoms with van der Waals surface area (Å²) in [6.45, 7) is 9.14. The summed E-state index contributed by atoms with van der Waals surface area (Å²) in [7, 11) is 6.47. The van der Waals surface area contributed by atoms with Gasteiger partial charge in [0.1, 0.15) is 40.7 Å². The number of alkyl carbamates (subject to hydrolysis) is 1. The van der Waals surface area contributed by atoms with Crippen molar-refractivity contribution in [3.05, 3.63) is 46.5 Å². The summed E-state index contributed by atoms with van der Waals surface area (Å²) in [5, 5.41) is 14.7. The molecule has 4 rings (SSSR count). The third kappa shape index (κ3) is 7.88. The summed E-state index contributed by atoms with van der Waals surface area (Å²) >= 11 is 6.80. The highest BCUT2D eigenvalue weighted by Gasteiger charge is 2.64. The molecule has 2 fully saturated rings. The molecule has 2 amide bonds. The molecule has 4 bridgehead atoms. The minimum Gasteiger partial charge on any atom is -0.495 e. The first-order valence-corrected chi connectivity index (χ1v) is 16.2. The number of epoxide rings is 1. The molecule has 0 spiro atoms. The van der Waals surface area contributed by atoms with Crippen molar-refractivity contribution in [2.45, 2.75) is 95.7 Å². The average Bonchev–Trinajstić information content (AvgIpc) is 3.71. The van der Waals surface area contributed by atoms with Gasteiger partial charge in [-0.3, -0.25) is 10.1 Å². The molecule has 1 aromatic rings. The van der Waals surface area contributed by atoms with Crippen LogP contribution >= 0.6 is 11.6 Å². The van der Waals surface area contributed by atoms with Gasteiger partial charge in [0.2, 0.25) is 5.91 Å². The van der Waals surface area contributed by atoms with Gasteiger partial charge in [-0.2, -0.15) is 0 Å². The van der Waals surface area contributed by atoms with Crippen molar-refractivity contribution in [3.8, 4) is 5.75 Å². The molecule has 0 unspecified atom stereocenters. The van der Waals surface area contributed by atoms with E-state index in [1.165, 1.54) is 18.9 Å². The molecule has 8 atom stereocenters. The Morgan fingerprint density at radius 2 is 1.98 bits per heavy atom. The van der Waals surface area contributed by atoms with Crippen LogP contribution in [0.15, 0.2) is 35.9 Å². The van der Waals surface area contributed by atoms with E-state index in [9.17, 15) is 19.5 Å². The number of nitrogens with one attached hydrogen (secondary N) is 1. The molecule has 12 nitrogen and oxygen atoms in total. The summed E-state index contributed by atoms with van der Waals surface area (Å²) in [6.07, 6.45) is 2.75. The number of amides is 2. The number of likely N-dealkylation sites (N-methyl/N-ethyl adjacent to an activating group) is 1. The van der Waals surface area contributed by atoms with Gasteiger partial charge in [-0.05, 0) is 44.9 Å². The Hall–Kier alpha value is -3.32. The number of esters is 1. The fourth-order valence-corrected chi connectivity index (χ4v) is 6.74. The van der Waals surface area contributed by atoms with Crippen LogP contribution < -0.4 is 15.0 Å². The molecule has 13 heteroatoms. The lowest BCUT2D eigenvalue weighted by molar-refractivity contribution is -0.160. The van der Waals surface area contributed by atoms with Gasteiger partial charge in [-0.15, -0.1) is 0 Å². The first-order chi connectivity index (χ1) is 22.0. The van der Waals surface area contributed by atoms with Crippen LogP contribution in [0.1, 0.15) is 53.0 Å². The summed E-state index contributed by atoms with van der Waals surface area (Å²) in [6, 6.07) is 3.07. The molecule has 3 aliphatic heterocycles. The molecule has 3 heterocycles. The number of ether oxygens (including phenoxy) is 5. The van der Waals surface area contributed by atoms with Gasteiger partial charge < -0.3 is 38.6 Å². The zero-order valence-electron chi connectivity index (χ0n) is 28.7. The Morgan fingerprint density at radius 3 is 2.62 bits per heavy atom. The summed E-state index contributed by atoms with van der Waals surface area (Å²) < 4.78 is 29.3.